The number of hydrogen-bond acceptors (Lipinski definition) is 4. The van der Waals surface area contributed by atoms with E-state index in [9.17, 15) is 4.79 Å². The fraction of sp³-hybridized carbons (Fsp3) is 0.333. The maximum atomic E-state index is 12.3. The number of carbonyl (C=O) groups excluding carboxylic acids is 1. The van der Waals surface area contributed by atoms with Crippen LogP contribution in [0, 0.1) is 6.92 Å². The Labute approximate surface area is 144 Å². The van der Waals surface area contributed by atoms with Crippen LogP contribution in [0.3, 0.4) is 0 Å². The van der Waals surface area contributed by atoms with E-state index in [1.807, 2.05) is 31.3 Å². The second kappa shape index (κ2) is 6.28. The van der Waals surface area contributed by atoms with Gasteiger partial charge in [0.2, 0.25) is 5.91 Å². The predicted octanol–water partition coefficient (Wildman–Crippen LogP) is 2.87. The van der Waals surface area contributed by atoms with Crippen molar-refractivity contribution in [1.82, 2.24) is 15.3 Å². The first-order chi connectivity index (χ1) is 11.7. The molecule has 1 saturated heterocycles. The first kappa shape index (κ1) is 15.2. The predicted molar refractivity (Wildman–Crippen MR) is 97.6 cm³/mol. The van der Waals surface area contributed by atoms with Gasteiger partial charge in [-0.2, -0.15) is 0 Å². The molecular formula is C18H20N4OS. The van der Waals surface area contributed by atoms with Crippen LogP contribution in [0.1, 0.15) is 17.7 Å². The topological polar surface area (TPSA) is 61.0 Å². The Kier molecular flexibility index (Phi) is 3.98. The van der Waals surface area contributed by atoms with Crippen molar-refractivity contribution in [2.24, 2.45) is 0 Å². The third-order valence-corrected chi connectivity index (χ3v) is 5.43. The lowest BCUT2D eigenvalue weighted by atomic mass is 10.1. The summed E-state index contributed by atoms with van der Waals surface area (Å²) in [6.07, 6.45) is 3.31. The van der Waals surface area contributed by atoms with Crippen LogP contribution < -0.4 is 10.2 Å². The van der Waals surface area contributed by atoms with E-state index in [0.717, 1.165) is 41.4 Å². The van der Waals surface area contributed by atoms with Crippen LogP contribution in [0.2, 0.25) is 0 Å². The number of H-pyrrole nitrogens is 1. The standard InChI is InChI=1S/C18H20N4OS/c1-12-11-24-18(20-12)22-7-5-15(10-22)21-17(23)9-13-2-3-14-4-6-19-16(14)8-13/h2-4,6,8,11,15,19H,5,7,9-10H2,1H3,(H,21,23)/t15-/m1/s1. The van der Waals surface area contributed by atoms with Crippen LogP contribution in [0.25, 0.3) is 10.9 Å². The van der Waals surface area contributed by atoms with E-state index in [1.54, 1.807) is 11.3 Å². The summed E-state index contributed by atoms with van der Waals surface area (Å²) in [6, 6.07) is 8.36. The molecule has 0 bridgehead atoms. The summed E-state index contributed by atoms with van der Waals surface area (Å²) >= 11 is 1.67. The molecule has 2 N–H and O–H groups in total. The van der Waals surface area contributed by atoms with Gasteiger partial charge < -0.3 is 15.2 Å². The Morgan fingerprint density at radius 3 is 3.21 bits per heavy atom. The van der Waals surface area contributed by atoms with Gasteiger partial charge in [-0.3, -0.25) is 4.79 Å². The van der Waals surface area contributed by atoms with Crippen LogP contribution in [-0.4, -0.2) is 35.0 Å². The lowest BCUT2D eigenvalue weighted by Gasteiger charge is -2.16. The van der Waals surface area contributed by atoms with Gasteiger partial charge in [0.05, 0.1) is 12.1 Å². The van der Waals surface area contributed by atoms with E-state index in [0.29, 0.717) is 6.42 Å². The Morgan fingerprint density at radius 2 is 2.38 bits per heavy atom. The van der Waals surface area contributed by atoms with Gasteiger partial charge in [0.25, 0.3) is 0 Å². The monoisotopic (exact) mass is 340 g/mol. The number of carbonyl (C=O) groups is 1. The minimum absolute atomic E-state index is 0.0862. The average Bonchev–Trinajstić information content (AvgIpc) is 3.27. The zero-order valence-corrected chi connectivity index (χ0v) is 14.4. The van der Waals surface area contributed by atoms with Crippen LogP contribution in [-0.2, 0) is 11.2 Å². The fourth-order valence-electron chi connectivity index (χ4n) is 3.21. The Bertz CT molecular complexity index is 869. The van der Waals surface area contributed by atoms with Crippen molar-refractivity contribution in [3.63, 3.8) is 0 Å². The summed E-state index contributed by atoms with van der Waals surface area (Å²) in [5.74, 6) is 0.0862. The number of aryl methyl sites for hydroxylation is 1. The quantitative estimate of drug-likeness (QED) is 0.768. The maximum absolute atomic E-state index is 12.3. The summed E-state index contributed by atoms with van der Waals surface area (Å²) in [5.41, 5.74) is 3.17. The maximum Gasteiger partial charge on any atom is 0.224 e. The molecule has 3 heterocycles. The second-order valence-corrected chi connectivity index (χ2v) is 7.18. The van der Waals surface area contributed by atoms with E-state index in [4.69, 9.17) is 0 Å². The van der Waals surface area contributed by atoms with Crippen molar-refractivity contribution in [2.45, 2.75) is 25.8 Å². The molecule has 124 valence electrons. The molecule has 1 aromatic carbocycles. The van der Waals surface area contributed by atoms with Gasteiger partial charge in [0.1, 0.15) is 0 Å². The van der Waals surface area contributed by atoms with Crippen LogP contribution >= 0.6 is 11.3 Å². The summed E-state index contributed by atoms with van der Waals surface area (Å²) in [6.45, 7) is 3.80. The average molecular weight is 340 g/mol. The van der Waals surface area contributed by atoms with Gasteiger partial charge in [-0.1, -0.05) is 12.1 Å². The lowest BCUT2D eigenvalue weighted by molar-refractivity contribution is -0.121. The molecule has 4 rings (SSSR count). The van der Waals surface area contributed by atoms with Crippen molar-refractivity contribution in [1.29, 1.82) is 0 Å². The van der Waals surface area contributed by atoms with Gasteiger partial charge in [-0.15, -0.1) is 11.3 Å². The third-order valence-electron chi connectivity index (χ3n) is 4.41. The van der Waals surface area contributed by atoms with Gasteiger partial charge in [0.15, 0.2) is 5.13 Å². The molecule has 0 saturated carbocycles. The molecule has 2 aromatic heterocycles. The molecule has 24 heavy (non-hydrogen) atoms. The molecule has 1 amide bonds. The molecule has 0 radical (unpaired) electrons. The van der Waals surface area contributed by atoms with E-state index in [-0.39, 0.29) is 11.9 Å². The molecule has 6 heteroatoms. The molecule has 0 unspecified atom stereocenters. The number of aromatic nitrogens is 2. The van der Waals surface area contributed by atoms with Gasteiger partial charge in [-0.05, 0) is 36.4 Å². The van der Waals surface area contributed by atoms with E-state index < -0.39 is 0 Å². The van der Waals surface area contributed by atoms with Crippen molar-refractivity contribution < 1.29 is 4.79 Å². The highest BCUT2D eigenvalue weighted by atomic mass is 32.1. The number of nitrogens with one attached hydrogen (secondary N) is 2. The van der Waals surface area contributed by atoms with Gasteiger partial charge in [-0.25, -0.2) is 4.98 Å². The van der Waals surface area contributed by atoms with Crippen molar-refractivity contribution in [3.05, 3.63) is 47.1 Å². The Hall–Kier alpha value is -2.34. The molecule has 5 nitrogen and oxygen atoms in total. The Balaban J connectivity index is 1.34. The molecular weight excluding hydrogens is 320 g/mol. The van der Waals surface area contributed by atoms with Crippen LogP contribution in [0.15, 0.2) is 35.8 Å². The zero-order valence-electron chi connectivity index (χ0n) is 13.6. The molecule has 1 aliphatic heterocycles. The molecule has 1 aliphatic rings. The highest BCUT2D eigenvalue weighted by molar-refractivity contribution is 7.13. The number of aromatic amines is 1. The van der Waals surface area contributed by atoms with E-state index in [1.165, 1.54) is 5.39 Å². The number of thiazole rings is 1. The number of hydrogen-bond donors (Lipinski definition) is 2. The molecule has 0 aliphatic carbocycles. The van der Waals surface area contributed by atoms with Gasteiger partial charge >= 0.3 is 0 Å². The number of benzene rings is 1. The normalized spacial score (nSPS) is 17.5. The summed E-state index contributed by atoms with van der Waals surface area (Å²) in [4.78, 5) is 22.3. The summed E-state index contributed by atoms with van der Waals surface area (Å²) in [5, 5.41) is 7.46. The fourth-order valence-corrected chi connectivity index (χ4v) is 4.05. The number of anilines is 1. The second-order valence-electron chi connectivity index (χ2n) is 6.35. The Morgan fingerprint density at radius 1 is 1.46 bits per heavy atom. The lowest BCUT2D eigenvalue weighted by Crippen LogP contribution is -2.37. The smallest absolute Gasteiger partial charge is 0.224 e. The van der Waals surface area contributed by atoms with Gasteiger partial charge in [0, 0.05) is 36.2 Å². The highest BCUT2D eigenvalue weighted by Gasteiger charge is 2.25. The minimum atomic E-state index is 0.0862. The van der Waals surface area contributed by atoms with Crippen molar-refractivity contribution in [3.8, 4) is 0 Å². The van der Waals surface area contributed by atoms with Crippen molar-refractivity contribution in [2.75, 3.05) is 18.0 Å². The molecule has 1 atom stereocenters. The number of fused-ring (bicyclic) bond motifs is 1. The molecule has 1 fully saturated rings. The number of rotatable bonds is 4. The highest BCUT2D eigenvalue weighted by Crippen LogP contribution is 2.24. The summed E-state index contributed by atoms with van der Waals surface area (Å²) in [7, 11) is 0. The largest absolute Gasteiger partial charge is 0.361 e. The van der Waals surface area contributed by atoms with E-state index >= 15 is 0 Å². The van der Waals surface area contributed by atoms with Crippen LogP contribution in [0.4, 0.5) is 5.13 Å². The third kappa shape index (κ3) is 3.14. The molecule has 3 aromatic rings. The summed E-state index contributed by atoms with van der Waals surface area (Å²) < 4.78 is 0. The van der Waals surface area contributed by atoms with E-state index in [2.05, 4.69) is 31.6 Å². The molecule has 0 spiro atoms. The first-order valence-corrected chi connectivity index (χ1v) is 9.08. The zero-order chi connectivity index (χ0) is 16.5. The number of nitrogens with zero attached hydrogens (tertiary/aromatic N) is 2. The van der Waals surface area contributed by atoms with Crippen molar-refractivity contribution >= 4 is 33.3 Å². The number of amides is 1. The minimum Gasteiger partial charge on any atom is -0.361 e. The van der Waals surface area contributed by atoms with Crippen LogP contribution in [0.5, 0.6) is 0 Å². The SMILES string of the molecule is Cc1csc(N2CC[C@@H](NC(=O)Cc3ccc4cc[nH]c4c3)C2)n1. The first-order valence-electron chi connectivity index (χ1n) is 8.20.